The minimum atomic E-state index is -8.73. The Balaban J connectivity index is 2.18. The first-order valence-corrected chi connectivity index (χ1v) is 15.7. The Morgan fingerprint density at radius 1 is 0.804 bits per heavy atom. The van der Waals surface area contributed by atoms with Crippen molar-refractivity contribution < 1.29 is 96.4 Å². The lowest BCUT2D eigenvalue weighted by Crippen LogP contribution is -2.74. The highest BCUT2D eigenvalue weighted by atomic mass is 32.2. The van der Waals surface area contributed by atoms with Crippen LogP contribution >= 0.6 is 24.0 Å². The van der Waals surface area contributed by atoms with E-state index in [0.29, 0.717) is 11.1 Å². The summed E-state index contributed by atoms with van der Waals surface area (Å²) in [4.78, 5) is 11.4. The standard InChI is InChI=1S/C23H18F17N3O5S3/c1-9-6-10(2)13(11(3)7-9)48-51(45,46)42-14(44)43-15(49)47-12(41-43)8-50-5-4-16(24,25)17(26,27)18(28,29)19(30,31)20(32,33)21(34,35)22(36,37)23(38,39)40/h6-7H,4-5,8H2,1-3H3,(H,42,44). The molecule has 1 amide bonds. The number of hydrogen-bond donors (Lipinski definition) is 1. The van der Waals surface area contributed by atoms with Crippen LogP contribution in [0.1, 0.15) is 29.0 Å². The molecule has 2 rings (SSSR count). The number of thioether (sulfide) groups is 1. The van der Waals surface area contributed by atoms with Crippen molar-refractivity contribution in [3.8, 4) is 5.75 Å². The van der Waals surface area contributed by atoms with Gasteiger partial charge in [-0.1, -0.05) is 17.7 Å². The second-order valence-corrected chi connectivity index (χ2v) is 13.0. The van der Waals surface area contributed by atoms with Gasteiger partial charge in [0.2, 0.25) is 5.89 Å². The van der Waals surface area contributed by atoms with Gasteiger partial charge in [-0.05, 0) is 49.9 Å². The predicted octanol–water partition coefficient (Wildman–Crippen LogP) is 8.65. The van der Waals surface area contributed by atoms with Gasteiger partial charge in [0.15, 0.2) is 0 Å². The third-order valence-electron chi connectivity index (χ3n) is 6.36. The summed E-state index contributed by atoms with van der Waals surface area (Å²) in [5.74, 6) is -60.6. The number of halogens is 17. The predicted molar refractivity (Wildman–Crippen MR) is 141 cm³/mol. The summed E-state index contributed by atoms with van der Waals surface area (Å²) in [5, 5.41) is 3.33. The van der Waals surface area contributed by atoms with Crippen LogP contribution in [-0.2, 0) is 16.1 Å². The number of benzene rings is 1. The van der Waals surface area contributed by atoms with Gasteiger partial charge < -0.3 is 8.60 Å². The quantitative estimate of drug-likeness (QED) is 0.115. The largest absolute Gasteiger partial charge is 0.460 e. The highest BCUT2D eigenvalue weighted by Crippen LogP contribution is 2.64. The van der Waals surface area contributed by atoms with Crippen molar-refractivity contribution in [2.24, 2.45) is 0 Å². The lowest BCUT2D eigenvalue weighted by atomic mass is 9.88. The van der Waals surface area contributed by atoms with Gasteiger partial charge >= 0.3 is 64.0 Å². The van der Waals surface area contributed by atoms with Crippen LogP contribution in [0, 0.1) is 25.6 Å². The van der Waals surface area contributed by atoms with Gasteiger partial charge in [-0.25, -0.2) is 4.79 Å². The topological polar surface area (TPSA) is 103 Å². The number of amides is 1. The van der Waals surface area contributed by atoms with Crippen LogP contribution < -0.4 is 8.91 Å². The molecule has 1 aromatic heterocycles. The number of rotatable bonds is 14. The Kier molecular flexibility index (Phi) is 11.9. The molecule has 0 fully saturated rings. The van der Waals surface area contributed by atoms with Crippen molar-refractivity contribution in [2.75, 3.05) is 5.75 Å². The summed E-state index contributed by atoms with van der Waals surface area (Å²) >= 11 is 4.52. The molecule has 0 aliphatic carbocycles. The number of nitrogens with zero attached hydrogens (tertiary/aromatic N) is 2. The van der Waals surface area contributed by atoms with E-state index in [1.807, 2.05) is 0 Å². The summed E-state index contributed by atoms with van der Waals surface area (Å²) in [5.41, 5.74) is 1.38. The van der Waals surface area contributed by atoms with Gasteiger partial charge in [0.05, 0.1) is 5.75 Å². The molecule has 2 aromatic rings. The normalized spacial score (nSPS) is 14.5. The van der Waals surface area contributed by atoms with Crippen LogP contribution in [0.4, 0.5) is 79.4 Å². The molecule has 0 atom stereocenters. The number of aromatic nitrogens is 2. The zero-order chi connectivity index (χ0) is 40.2. The van der Waals surface area contributed by atoms with Crippen LogP contribution in [0.3, 0.4) is 0 Å². The molecular weight excluding hydrogens is 817 g/mol. The lowest BCUT2D eigenvalue weighted by molar-refractivity contribution is -0.461. The smallest absolute Gasteiger partial charge is 0.413 e. The summed E-state index contributed by atoms with van der Waals surface area (Å²) in [6.07, 6.45) is -10.6. The minimum Gasteiger partial charge on any atom is -0.413 e. The zero-order valence-electron chi connectivity index (χ0n) is 24.9. The van der Waals surface area contributed by atoms with E-state index in [1.165, 1.54) is 30.7 Å². The highest BCUT2D eigenvalue weighted by Gasteiger charge is 2.95. The number of aryl methyl sites for hydroxylation is 3. The van der Waals surface area contributed by atoms with Crippen LogP contribution in [0.5, 0.6) is 5.75 Å². The summed E-state index contributed by atoms with van der Waals surface area (Å²) < 4.78 is 264. The van der Waals surface area contributed by atoms with Crippen molar-refractivity contribution in [1.29, 1.82) is 0 Å². The summed E-state index contributed by atoms with van der Waals surface area (Å²) in [6.45, 7) is 4.61. The first-order valence-electron chi connectivity index (χ1n) is 12.7. The fourth-order valence-electron chi connectivity index (χ4n) is 3.80. The van der Waals surface area contributed by atoms with E-state index in [-0.39, 0.29) is 22.2 Å². The van der Waals surface area contributed by atoms with Crippen LogP contribution in [-0.4, -0.2) is 77.6 Å². The van der Waals surface area contributed by atoms with Gasteiger partial charge in [-0.15, -0.1) is 9.78 Å². The molecular formula is C23H18F17N3O5S3. The van der Waals surface area contributed by atoms with E-state index in [2.05, 4.69) is 17.3 Å². The Morgan fingerprint density at radius 2 is 1.24 bits per heavy atom. The molecule has 0 unspecified atom stereocenters. The second kappa shape index (κ2) is 13.7. The molecule has 1 aromatic carbocycles. The van der Waals surface area contributed by atoms with Crippen LogP contribution in [0.15, 0.2) is 16.5 Å². The Morgan fingerprint density at radius 3 is 1.69 bits per heavy atom. The van der Waals surface area contributed by atoms with Gasteiger partial charge in [-0.3, -0.25) is 0 Å². The number of hydrogen-bond acceptors (Lipinski definition) is 8. The van der Waals surface area contributed by atoms with Crippen LogP contribution in [0.2, 0.25) is 0 Å². The molecule has 0 saturated carbocycles. The molecule has 0 bridgehead atoms. The average Bonchev–Trinajstić information content (AvgIpc) is 3.32. The molecule has 0 spiro atoms. The zero-order valence-corrected chi connectivity index (χ0v) is 27.3. The highest BCUT2D eigenvalue weighted by molar-refractivity contribution is 7.98. The second-order valence-electron chi connectivity index (χ2n) is 10.3. The van der Waals surface area contributed by atoms with Gasteiger partial charge in [-0.2, -0.15) is 99.5 Å². The van der Waals surface area contributed by atoms with Crippen molar-refractivity contribution in [3.63, 3.8) is 0 Å². The summed E-state index contributed by atoms with van der Waals surface area (Å²) in [7, 11) is -4.95. The van der Waals surface area contributed by atoms with E-state index in [0.717, 1.165) is 5.56 Å². The Labute approximate surface area is 282 Å². The monoisotopic (exact) mass is 835 g/mol. The van der Waals surface area contributed by atoms with E-state index >= 15 is 0 Å². The first kappa shape index (κ1) is 44.1. The van der Waals surface area contributed by atoms with E-state index < -0.39 is 92.6 Å². The maximum absolute atomic E-state index is 14.1. The molecule has 1 heterocycles. The van der Waals surface area contributed by atoms with Gasteiger partial charge in [0, 0.05) is 6.42 Å². The van der Waals surface area contributed by atoms with Crippen molar-refractivity contribution in [2.45, 2.75) is 80.6 Å². The van der Waals surface area contributed by atoms with Crippen molar-refractivity contribution >= 4 is 40.3 Å². The molecule has 0 aliphatic heterocycles. The fourth-order valence-corrected chi connectivity index (χ4v) is 5.68. The number of alkyl halides is 17. The van der Waals surface area contributed by atoms with E-state index in [1.54, 1.807) is 6.92 Å². The fraction of sp³-hybridized carbons (Fsp3) is 0.609. The first-order chi connectivity index (χ1) is 22.5. The van der Waals surface area contributed by atoms with Crippen molar-refractivity contribution in [1.82, 2.24) is 14.5 Å². The Bertz CT molecular complexity index is 1770. The lowest BCUT2D eigenvalue weighted by Gasteiger charge is -2.42. The average molecular weight is 836 g/mol. The molecule has 0 saturated heterocycles. The van der Waals surface area contributed by atoms with Crippen LogP contribution in [0.25, 0.3) is 0 Å². The molecule has 0 aliphatic rings. The molecule has 0 radical (unpaired) electrons. The van der Waals surface area contributed by atoms with Gasteiger partial charge in [0.1, 0.15) is 5.75 Å². The van der Waals surface area contributed by atoms with Crippen molar-refractivity contribution in [3.05, 3.63) is 39.6 Å². The maximum Gasteiger partial charge on any atom is 0.460 e. The van der Waals surface area contributed by atoms with E-state index in [9.17, 15) is 87.8 Å². The number of carbonyl (C=O) groups is 1. The third kappa shape index (κ3) is 7.85. The molecule has 8 nitrogen and oxygen atoms in total. The van der Waals surface area contributed by atoms with E-state index in [4.69, 9.17) is 8.60 Å². The number of carbonyl (C=O) groups excluding carboxylic acids is 1. The molecule has 51 heavy (non-hydrogen) atoms. The third-order valence-corrected chi connectivity index (χ3v) is 8.38. The molecule has 292 valence electrons. The molecule has 28 heteroatoms. The van der Waals surface area contributed by atoms with Gasteiger partial charge in [0.25, 0.3) is 4.84 Å². The maximum atomic E-state index is 14.1. The number of nitrogens with one attached hydrogen (secondary N) is 1. The minimum absolute atomic E-state index is 0.0324. The summed E-state index contributed by atoms with van der Waals surface area (Å²) in [6, 6.07) is 1.38. The SMILES string of the molecule is Cc1cc(C)c(OS(=O)(=O)NC(=O)n2nc(CSCCC(F)(F)C(F)(F)C(F)(F)C(F)(F)C(F)(F)C(F)(F)C(F)(F)C(F)(F)F)oc2=S)c(C)c1. The Hall–Kier alpha value is -3.04. The molecule has 1 N–H and O–H groups in total.